The van der Waals surface area contributed by atoms with Gasteiger partial charge in [0.05, 0.1) is 0 Å². The minimum atomic E-state index is -0.188. The number of amides is 1. The second-order valence-electron chi connectivity index (χ2n) is 6.64. The van der Waals surface area contributed by atoms with E-state index >= 15 is 0 Å². The lowest BCUT2D eigenvalue weighted by atomic mass is 9.99. The molecule has 0 unspecified atom stereocenters. The number of nitrogens with zero attached hydrogens (tertiary/aromatic N) is 3. The molecule has 5 nitrogen and oxygen atoms in total. The van der Waals surface area contributed by atoms with E-state index in [1.165, 1.54) is 0 Å². The molecule has 0 radical (unpaired) electrons. The third-order valence-electron chi connectivity index (χ3n) is 4.53. The average molecular weight is 359 g/mol. The van der Waals surface area contributed by atoms with Crippen LogP contribution in [0.25, 0.3) is 0 Å². The van der Waals surface area contributed by atoms with Crippen LogP contribution in [0.1, 0.15) is 41.6 Å². The Morgan fingerprint density at radius 1 is 1.24 bits per heavy atom. The third kappa shape index (κ3) is 4.69. The number of halogens is 1. The molecule has 6 heteroatoms. The number of aromatic nitrogens is 2. The van der Waals surface area contributed by atoms with Gasteiger partial charge in [0.2, 0.25) is 0 Å². The number of hydrogen-bond donors (Lipinski definition) is 1. The van der Waals surface area contributed by atoms with E-state index in [0.717, 1.165) is 43.2 Å². The molecule has 1 N–H and O–H groups in total. The Morgan fingerprint density at radius 2 is 1.92 bits per heavy atom. The standard InChI is InChI=1S/C19H23ClN4O/c1-13-7-9-24(10-8-13)18-11-17(22-14(2)23-18)19(25)21-12-15-3-5-16(20)6-4-15/h3-6,11,13H,7-10,12H2,1-2H3,(H,21,25). The van der Waals surface area contributed by atoms with Crippen molar-refractivity contribution in [2.24, 2.45) is 5.92 Å². The topological polar surface area (TPSA) is 58.1 Å². The van der Waals surface area contributed by atoms with Gasteiger partial charge in [0.25, 0.3) is 5.91 Å². The Hall–Kier alpha value is -2.14. The average Bonchev–Trinajstić information content (AvgIpc) is 2.61. The highest BCUT2D eigenvalue weighted by atomic mass is 35.5. The monoisotopic (exact) mass is 358 g/mol. The summed E-state index contributed by atoms with van der Waals surface area (Å²) in [6, 6.07) is 9.21. The van der Waals surface area contributed by atoms with E-state index in [4.69, 9.17) is 11.6 Å². The molecule has 1 aliphatic heterocycles. The number of hydrogen-bond acceptors (Lipinski definition) is 4. The first-order chi connectivity index (χ1) is 12.0. The van der Waals surface area contributed by atoms with Crippen molar-refractivity contribution in [1.29, 1.82) is 0 Å². The highest BCUT2D eigenvalue weighted by molar-refractivity contribution is 6.30. The van der Waals surface area contributed by atoms with Gasteiger partial charge in [0.1, 0.15) is 17.3 Å². The highest BCUT2D eigenvalue weighted by Crippen LogP contribution is 2.22. The first kappa shape index (κ1) is 17.7. The largest absolute Gasteiger partial charge is 0.356 e. The van der Waals surface area contributed by atoms with Gasteiger partial charge >= 0.3 is 0 Å². The molecular formula is C19H23ClN4O. The lowest BCUT2D eigenvalue weighted by Crippen LogP contribution is -2.34. The van der Waals surface area contributed by atoms with Crippen molar-refractivity contribution >= 4 is 23.3 Å². The molecular weight excluding hydrogens is 336 g/mol. The van der Waals surface area contributed by atoms with E-state index in [1.54, 1.807) is 6.07 Å². The molecule has 3 rings (SSSR count). The van der Waals surface area contributed by atoms with Crippen LogP contribution in [-0.4, -0.2) is 29.0 Å². The molecule has 1 saturated heterocycles. The van der Waals surface area contributed by atoms with Crippen molar-refractivity contribution in [2.75, 3.05) is 18.0 Å². The van der Waals surface area contributed by atoms with Crippen LogP contribution in [0.3, 0.4) is 0 Å². The van der Waals surface area contributed by atoms with E-state index in [0.29, 0.717) is 23.1 Å². The molecule has 1 fully saturated rings. The van der Waals surface area contributed by atoms with Gasteiger partial charge in [-0.3, -0.25) is 4.79 Å². The summed E-state index contributed by atoms with van der Waals surface area (Å²) in [6.45, 7) is 6.49. The van der Waals surface area contributed by atoms with Crippen molar-refractivity contribution in [3.8, 4) is 0 Å². The number of anilines is 1. The van der Waals surface area contributed by atoms with Crippen LogP contribution in [0.4, 0.5) is 5.82 Å². The maximum Gasteiger partial charge on any atom is 0.270 e. The summed E-state index contributed by atoms with van der Waals surface area (Å²) in [5.41, 5.74) is 1.41. The van der Waals surface area contributed by atoms with Crippen molar-refractivity contribution < 1.29 is 4.79 Å². The number of benzene rings is 1. The fraction of sp³-hybridized carbons (Fsp3) is 0.421. The predicted octanol–water partition coefficient (Wildman–Crippen LogP) is 3.60. The number of aryl methyl sites for hydroxylation is 1. The first-order valence-electron chi connectivity index (χ1n) is 8.64. The summed E-state index contributed by atoms with van der Waals surface area (Å²) < 4.78 is 0. The summed E-state index contributed by atoms with van der Waals surface area (Å²) in [6.07, 6.45) is 2.31. The smallest absolute Gasteiger partial charge is 0.270 e. The molecule has 0 spiro atoms. The second kappa shape index (κ2) is 7.83. The van der Waals surface area contributed by atoms with Crippen molar-refractivity contribution in [1.82, 2.24) is 15.3 Å². The normalized spacial score (nSPS) is 15.2. The van der Waals surface area contributed by atoms with Crippen molar-refractivity contribution in [3.05, 3.63) is 52.4 Å². The number of piperidine rings is 1. The predicted molar refractivity (Wildman–Crippen MR) is 100 cm³/mol. The van der Waals surface area contributed by atoms with E-state index in [9.17, 15) is 4.79 Å². The quantitative estimate of drug-likeness (QED) is 0.907. The number of carbonyl (C=O) groups is 1. The molecule has 0 bridgehead atoms. The van der Waals surface area contributed by atoms with Gasteiger partial charge in [0, 0.05) is 30.7 Å². The van der Waals surface area contributed by atoms with E-state index in [2.05, 4.69) is 27.1 Å². The van der Waals surface area contributed by atoms with Crippen molar-refractivity contribution in [3.63, 3.8) is 0 Å². The fourth-order valence-corrected chi connectivity index (χ4v) is 3.07. The maximum absolute atomic E-state index is 12.5. The Balaban J connectivity index is 1.68. The molecule has 1 aromatic heterocycles. The Kier molecular flexibility index (Phi) is 5.53. The van der Waals surface area contributed by atoms with Gasteiger partial charge in [-0.25, -0.2) is 9.97 Å². The Labute approximate surface area is 153 Å². The first-order valence-corrected chi connectivity index (χ1v) is 9.02. The zero-order chi connectivity index (χ0) is 17.8. The molecule has 1 aromatic carbocycles. The lowest BCUT2D eigenvalue weighted by Gasteiger charge is -2.31. The van der Waals surface area contributed by atoms with Crippen LogP contribution in [0, 0.1) is 12.8 Å². The van der Waals surface area contributed by atoms with Crippen molar-refractivity contribution in [2.45, 2.75) is 33.2 Å². The van der Waals surface area contributed by atoms with Crippen LogP contribution < -0.4 is 10.2 Å². The lowest BCUT2D eigenvalue weighted by molar-refractivity contribution is 0.0945. The van der Waals surface area contributed by atoms with E-state index in [1.807, 2.05) is 31.2 Å². The molecule has 0 atom stereocenters. The molecule has 1 amide bonds. The molecule has 2 aromatic rings. The summed E-state index contributed by atoms with van der Waals surface area (Å²) in [5.74, 6) is 2.03. The highest BCUT2D eigenvalue weighted by Gasteiger charge is 2.19. The molecule has 25 heavy (non-hydrogen) atoms. The van der Waals surface area contributed by atoms with E-state index in [-0.39, 0.29) is 5.91 Å². The molecule has 2 heterocycles. The Morgan fingerprint density at radius 3 is 2.60 bits per heavy atom. The maximum atomic E-state index is 12.5. The van der Waals surface area contributed by atoms with Crippen LogP contribution in [-0.2, 0) is 6.54 Å². The second-order valence-corrected chi connectivity index (χ2v) is 7.07. The minimum Gasteiger partial charge on any atom is -0.356 e. The molecule has 0 aliphatic carbocycles. The SMILES string of the molecule is Cc1nc(C(=O)NCc2ccc(Cl)cc2)cc(N2CCC(C)CC2)n1. The van der Waals surface area contributed by atoms with Gasteiger partial charge in [-0.1, -0.05) is 30.7 Å². The zero-order valence-corrected chi connectivity index (χ0v) is 15.4. The summed E-state index contributed by atoms with van der Waals surface area (Å²) in [7, 11) is 0. The number of nitrogens with one attached hydrogen (secondary N) is 1. The van der Waals surface area contributed by atoms with Gasteiger partial charge in [-0.2, -0.15) is 0 Å². The summed E-state index contributed by atoms with van der Waals surface area (Å²) in [4.78, 5) is 23.5. The summed E-state index contributed by atoms with van der Waals surface area (Å²) >= 11 is 5.88. The van der Waals surface area contributed by atoms with Crippen LogP contribution >= 0.6 is 11.6 Å². The van der Waals surface area contributed by atoms with Gasteiger partial charge < -0.3 is 10.2 Å². The summed E-state index contributed by atoms with van der Waals surface area (Å²) in [5, 5.41) is 3.59. The zero-order valence-electron chi connectivity index (χ0n) is 14.6. The molecule has 0 saturated carbocycles. The van der Waals surface area contributed by atoms with Gasteiger partial charge in [-0.05, 0) is 43.4 Å². The fourth-order valence-electron chi connectivity index (χ4n) is 2.94. The van der Waals surface area contributed by atoms with E-state index < -0.39 is 0 Å². The Bertz CT molecular complexity index is 740. The number of carbonyl (C=O) groups excluding carboxylic acids is 1. The number of rotatable bonds is 4. The van der Waals surface area contributed by atoms with Crippen LogP contribution in [0.2, 0.25) is 5.02 Å². The van der Waals surface area contributed by atoms with Gasteiger partial charge in [0.15, 0.2) is 0 Å². The van der Waals surface area contributed by atoms with Crippen LogP contribution in [0.5, 0.6) is 0 Å². The molecule has 132 valence electrons. The van der Waals surface area contributed by atoms with Gasteiger partial charge in [-0.15, -0.1) is 0 Å². The van der Waals surface area contributed by atoms with Crippen LogP contribution in [0.15, 0.2) is 30.3 Å². The third-order valence-corrected chi connectivity index (χ3v) is 4.78. The molecule has 1 aliphatic rings. The minimum absolute atomic E-state index is 0.188.